The Bertz CT molecular complexity index is 687. The Morgan fingerprint density at radius 3 is 2.54 bits per heavy atom. The lowest BCUT2D eigenvalue weighted by Crippen LogP contribution is -2.35. The van der Waals surface area contributed by atoms with Crippen molar-refractivity contribution in [2.24, 2.45) is 0 Å². The second-order valence-corrected chi connectivity index (χ2v) is 6.51. The zero-order valence-electron chi connectivity index (χ0n) is 14.0. The minimum Gasteiger partial charge on any atom is -0.444 e. The zero-order valence-corrected chi connectivity index (χ0v) is 14.7. The number of hydrogen-bond donors (Lipinski definition) is 2. The Balaban J connectivity index is 1.90. The van der Waals surface area contributed by atoms with E-state index in [4.69, 9.17) is 16.3 Å². The molecule has 2 aromatic rings. The van der Waals surface area contributed by atoms with Crippen LogP contribution in [-0.4, -0.2) is 35.0 Å². The average Bonchev–Trinajstić information content (AvgIpc) is 2.52. The highest BCUT2D eigenvalue weighted by Crippen LogP contribution is 2.24. The molecule has 0 radical (unpaired) electrons. The summed E-state index contributed by atoms with van der Waals surface area (Å²) in [6.45, 7) is 6.34. The fourth-order valence-corrected chi connectivity index (χ4v) is 2.09. The van der Waals surface area contributed by atoms with Crippen LogP contribution in [0.2, 0.25) is 5.15 Å². The van der Waals surface area contributed by atoms with E-state index in [1.165, 1.54) is 0 Å². The first kappa shape index (κ1) is 18.0. The summed E-state index contributed by atoms with van der Waals surface area (Å²) in [5.41, 5.74) is 1.83. The summed E-state index contributed by atoms with van der Waals surface area (Å²) in [6.07, 6.45) is -0.451. The number of alkyl carbamates (subject to hydrolysis) is 1. The molecule has 2 N–H and O–H groups in total. The predicted molar refractivity (Wildman–Crippen MR) is 95.2 cm³/mol. The van der Waals surface area contributed by atoms with Crippen molar-refractivity contribution < 1.29 is 9.53 Å². The lowest BCUT2D eigenvalue weighted by atomic mass is 10.1. The van der Waals surface area contributed by atoms with Crippen LogP contribution in [0, 0.1) is 0 Å². The molecule has 0 saturated heterocycles. The highest BCUT2D eigenvalue weighted by atomic mass is 35.5. The molecular formula is C17H21ClN4O2. The first-order chi connectivity index (χ1) is 11.3. The van der Waals surface area contributed by atoms with Crippen molar-refractivity contribution in [2.45, 2.75) is 26.4 Å². The molecule has 2 rings (SSSR count). The van der Waals surface area contributed by atoms with E-state index in [9.17, 15) is 4.79 Å². The van der Waals surface area contributed by atoms with Gasteiger partial charge < -0.3 is 15.4 Å². The van der Waals surface area contributed by atoms with Gasteiger partial charge in [0.2, 0.25) is 0 Å². The molecule has 0 unspecified atom stereocenters. The number of ether oxygens (including phenoxy) is 1. The van der Waals surface area contributed by atoms with Crippen LogP contribution in [0.25, 0.3) is 11.3 Å². The molecular weight excluding hydrogens is 328 g/mol. The Morgan fingerprint density at radius 2 is 1.88 bits per heavy atom. The predicted octanol–water partition coefficient (Wildman–Crippen LogP) is 3.73. The average molecular weight is 349 g/mol. The zero-order chi connectivity index (χ0) is 17.6. The Hall–Kier alpha value is -2.34. The number of halogens is 1. The molecule has 1 heterocycles. The van der Waals surface area contributed by atoms with Gasteiger partial charge in [0.05, 0.1) is 11.4 Å². The van der Waals surface area contributed by atoms with E-state index in [0.717, 1.165) is 11.3 Å². The van der Waals surface area contributed by atoms with E-state index in [1.54, 1.807) is 0 Å². The number of nitrogens with zero attached hydrogens (tertiary/aromatic N) is 2. The van der Waals surface area contributed by atoms with Crippen LogP contribution in [0.5, 0.6) is 0 Å². The van der Waals surface area contributed by atoms with Crippen molar-refractivity contribution in [1.29, 1.82) is 0 Å². The highest BCUT2D eigenvalue weighted by molar-refractivity contribution is 6.31. The molecule has 0 aliphatic rings. The molecule has 0 aliphatic carbocycles. The number of carbonyl (C=O) groups is 1. The van der Waals surface area contributed by atoms with Crippen molar-refractivity contribution in [2.75, 3.05) is 18.4 Å². The summed E-state index contributed by atoms with van der Waals surface area (Å²) in [6, 6.07) is 11.5. The fourth-order valence-electron chi connectivity index (χ4n) is 1.93. The van der Waals surface area contributed by atoms with Gasteiger partial charge in [-0.1, -0.05) is 41.9 Å². The van der Waals surface area contributed by atoms with Crippen LogP contribution in [-0.2, 0) is 4.74 Å². The number of anilines is 1. The van der Waals surface area contributed by atoms with Crippen LogP contribution < -0.4 is 10.6 Å². The lowest BCUT2D eigenvalue weighted by Gasteiger charge is -2.19. The van der Waals surface area contributed by atoms with Gasteiger partial charge in [-0.3, -0.25) is 0 Å². The van der Waals surface area contributed by atoms with Gasteiger partial charge >= 0.3 is 6.09 Å². The van der Waals surface area contributed by atoms with Crippen LogP contribution in [0.1, 0.15) is 20.8 Å². The van der Waals surface area contributed by atoms with Gasteiger partial charge in [-0.25, -0.2) is 4.79 Å². The molecule has 0 bridgehead atoms. The SMILES string of the molecule is CC(C)(C)OC(=O)NCCNc1cc(-c2ccccc2)nnc1Cl. The number of benzene rings is 1. The van der Waals surface area contributed by atoms with Crippen LogP contribution >= 0.6 is 11.6 Å². The quantitative estimate of drug-likeness (QED) is 0.805. The third-order valence-electron chi connectivity index (χ3n) is 2.93. The van der Waals surface area contributed by atoms with Gasteiger partial charge in [-0.2, -0.15) is 0 Å². The number of nitrogens with one attached hydrogen (secondary N) is 2. The van der Waals surface area contributed by atoms with Crippen molar-refractivity contribution in [3.05, 3.63) is 41.6 Å². The third kappa shape index (κ3) is 5.70. The summed E-state index contributed by atoms with van der Waals surface area (Å²) in [5, 5.41) is 14.1. The fraction of sp³-hybridized carbons (Fsp3) is 0.353. The van der Waals surface area contributed by atoms with Gasteiger partial charge in [0.25, 0.3) is 0 Å². The second kappa shape index (κ2) is 7.97. The van der Waals surface area contributed by atoms with Gasteiger partial charge in [-0.15, -0.1) is 10.2 Å². The van der Waals surface area contributed by atoms with Gasteiger partial charge in [0, 0.05) is 18.7 Å². The maximum absolute atomic E-state index is 11.6. The van der Waals surface area contributed by atoms with E-state index in [1.807, 2.05) is 57.2 Å². The van der Waals surface area contributed by atoms with Crippen LogP contribution in [0.4, 0.5) is 10.5 Å². The molecule has 0 aliphatic heterocycles. The lowest BCUT2D eigenvalue weighted by molar-refractivity contribution is 0.0530. The first-order valence-corrected chi connectivity index (χ1v) is 8.02. The van der Waals surface area contributed by atoms with E-state index < -0.39 is 11.7 Å². The smallest absolute Gasteiger partial charge is 0.407 e. The number of amides is 1. The van der Waals surface area contributed by atoms with Crippen molar-refractivity contribution in [3.8, 4) is 11.3 Å². The largest absolute Gasteiger partial charge is 0.444 e. The van der Waals surface area contributed by atoms with Gasteiger partial charge in [0.15, 0.2) is 5.15 Å². The molecule has 7 heteroatoms. The summed E-state index contributed by atoms with van der Waals surface area (Å²) < 4.78 is 5.16. The molecule has 24 heavy (non-hydrogen) atoms. The minimum atomic E-state index is -0.513. The normalized spacial score (nSPS) is 11.0. The number of rotatable bonds is 5. The molecule has 128 valence electrons. The number of carbonyl (C=O) groups excluding carboxylic acids is 1. The first-order valence-electron chi connectivity index (χ1n) is 7.64. The topological polar surface area (TPSA) is 76.1 Å². The summed E-state index contributed by atoms with van der Waals surface area (Å²) in [4.78, 5) is 11.6. The molecule has 0 fully saturated rings. The molecule has 0 spiro atoms. The Morgan fingerprint density at radius 1 is 1.17 bits per heavy atom. The van der Waals surface area contributed by atoms with Crippen molar-refractivity contribution in [3.63, 3.8) is 0 Å². The second-order valence-electron chi connectivity index (χ2n) is 6.16. The molecule has 6 nitrogen and oxygen atoms in total. The summed E-state index contributed by atoms with van der Waals surface area (Å²) in [5.74, 6) is 0. The molecule has 1 aromatic carbocycles. The number of aromatic nitrogens is 2. The van der Waals surface area contributed by atoms with Crippen LogP contribution in [0.3, 0.4) is 0 Å². The molecule has 1 amide bonds. The molecule has 0 atom stereocenters. The van der Waals surface area contributed by atoms with E-state index >= 15 is 0 Å². The molecule has 1 aromatic heterocycles. The van der Waals surface area contributed by atoms with E-state index in [-0.39, 0.29) is 5.15 Å². The third-order valence-corrected chi connectivity index (χ3v) is 3.21. The highest BCUT2D eigenvalue weighted by Gasteiger charge is 2.15. The maximum atomic E-state index is 11.6. The summed E-state index contributed by atoms with van der Waals surface area (Å²) in [7, 11) is 0. The maximum Gasteiger partial charge on any atom is 0.407 e. The minimum absolute atomic E-state index is 0.284. The van der Waals surface area contributed by atoms with Crippen LogP contribution in [0.15, 0.2) is 36.4 Å². The summed E-state index contributed by atoms with van der Waals surface area (Å²) >= 11 is 6.06. The Labute approximate surface area is 146 Å². The molecule has 0 saturated carbocycles. The van der Waals surface area contributed by atoms with Gasteiger partial charge in [-0.05, 0) is 26.8 Å². The van der Waals surface area contributed by atoms with Crippen molar-refractivity contribution >= 4 is 23.4 Å². The monoisotopic (exact) mass is 348 g/mol. The van der Waals surface area contributed by atoms with E-state index in [2.05, 4.69) is 20.8 Å². The standard InChI is InChI=1S/C17H21ClN4O2/c1-17(2,3)24-16(23)20-10-9-19-14-11-13(21-22-15(14)18)12-7-5-4-6-8-12/h4-8,11H,9-10H2,1-3H3,(H,19,21)(H,20,23). The van der Waals surface area contributed by atoms with Crippen molar-refractivity contribution in [1.82, 2.24) is 15.5 Å². The number of hydrogen-bond acceptors (Lipinski definition) is 5. The Kier molecular flexibility index (Phi) is 5.98. The van der Waals surface area contributed by atoms with E-state index in [0.29, 0.717) is 18.8 Å². The van der Waals surface area contributed by atoms with Gasteiger partial charge in [0.1, 0.15) is 5.60 Å².